The summed E-state index contributed by atoms with van der Waals surface area (Å²) in [6, 6.07) is 5.03. The molecule has 1 saturated heterocycles. The van der Waals surface area contributed by atoms with Crippen LogP contribution >= 0.6 is 0 Å². The molecule has 5 nitrogen and oxygen atoms in total. The summed E-state index contributed by atoms with van der Waals surface area (Å²) in [5.74, 6) is -0.0695. The standard InChI is InChI=1S/C15H5B19N2O3/c16-7(17)9(20,21)36(11(24,25)12(26,27)37)10(22,23)8(18,19)35(7)5-1-3-6(4-2-5)38-13(28,29)14(30,31)39-15(32,33)34/h1-4,37H. The minimum absolute atomic E-state index is 0.0134. The van der Waals surface area contributed by atoms with Crippen molar-refractivity contribution in [3.05, 3.63) is 24.3 Å². The smallest absolute Gasteiger partial charge is 0.118 e. The summed E-state index contributed by atoms with van der Waals surface area (Å²) in [5.41, 5.74) is -0.0134. The fourth-order valence-electron chi connectivity index (χ4n) is 3.86. The summed E-state index contributed by atoms with van der Waals surface area (Å²) >= 11 is 0. The van der Waals surface area contributed by atoms with E-state index in [4.69, 9.17) is 159 Å². The minimum Gasteiger partial charge on any atom is -0.506 e. The van der Waals surface area contributed by atoms with Gasteiger partial charge in [0.05, 0.1) is 118 Å². The molecule has 0 bridgehead atoms. The lowest BCUT2D eigenvalue weighted by molar-refractivity contribution is 0.00240. The first kappa shape index (κ1) is 35.1. The predicted molar refractivity (Wildman–Crippen MR) is 169 cm³/mol. The Kier molecular flexibility index (Phi) is 9.01. The third-order valence-corrected chi connectivity index (χ3v) is 6.11. The van der Waals surface area contributed by atoms with Crippen LogP contribution in [0.2, 0.25) is 0 Å². The van der Waals surface area contributed by atoms with Crippen molar-refractivity contribution in [2.75, 3.05) is 4.90 Å². The predicted octanol–water partition coefficient (Wildman–Crippen LogP) is -8.76. The van der Waals surface area contributed by atoms with E-state index in [0.29, 0.717) is 4.90 Å². The molecule has 0 aliphatic carbocycles. The van der Waals surface area contributed by atoms with E-state index in [1.54, 1.807) is 0 Å². The van der Waals surface area contributed by atoms with Crippen LogP contribution in [0.15, 0.2) is 24.3 Å². The molecular weight excluding hydrogens is 462 g/mol. The van der Waals surface area contributed by atoms with Crippen molar-refractivity contribution in [1.82, 2.24) is 4.90 Å². The zero-order valence-corrected chi connectivity index (χ0v) is 20.9. The molecule has 0 unspecified atom stereocenters. The lowest BCUT2D eigenvalue weighted by Crippen LogP contribution is -2.96. The van der Waals surface area contributed by atoms with E-state index in [-0.39, 0.29) is 11.4 Å². The van der Waals surface area contributed by atoms with Crippen molar-refractivity contribution >= 4 is 155 Å². The number of hydrogen-bond donors (Lipinski definition) is 1. The number of ether oxygens (including phenoxy) is 2. The van der Waals surface area contributed by atoms with E-state index in [1.165, 1.54) is 24.3 Å². The number of hydrogen-bond acceptors (Lipinski definition) is 5. The maximum Gasteiger partial charge on any atom is 0.118 e. The van der Waals surface area contributed by atoms with Crippen LogP contribution in [0.5, 0.6) is 5.75 Å². The summed E-state index contributed by atoms with van der Waals surface area (Å²) in [6.45, 7) is 0. The lowest BCUT2D eigenvalue weighted by atomic mass is 9.23. The highest BCUT2D eigenvalue weighted by molar-refractivity contribution is 6.64. The lowest BCUT2D eigenvalue weighted by Gasteiger charge is -2.80. The van der Waals surface area contributed by atoms with Crippen molar-refractivity contribution in [1.29, 1.82) is 0 Å². The quantitative estimate of drug-likeness (QED) is 0.386. The average molecular weight is 467 g/mol. The number of aliphatic hydroxyl groups is 1. The Hall–Kier alpha value is -0.0662. The molecular formula is C15H5B19N2O3. The highest BCUT2D eigenvalue weighted by atomic mass is 16.6. The number of anilines is 1. The van der Waals surface area contributed by atoms with E-state index in [2.05, 4.69) is 0 Å². The van der Waals surface area contributed by atoms with Crippen LogP contribution in [0.1, 0.15) is 0 Å². The molecule has 1 aromatic carbocycles. The van der Waals surface area contributed by atoms with E-state index in [0.717, 1.165) is 4.90 Å². The summed E-state index contributed by atoms with van der Waals surface area (Å²) in [5, 5.41) is -13.2. The van der Waals surface area contributed by atoms with Gasteiger partial charge in [-0.15, -0.1) is 0 Å². The van der Waals surface area contributed by atoms with Crippen molar-refractivity contribution < 1.29 is 14.6 Å². The first-order chi connectivity index (χ1) is 16.9. The molecule has 1 aliphatic heterocycles. The van der Waals surface area contributed by atoms with Gasteiger partial charge < -0.3 is 24.4 Å². The monoisotopic (exact) mass is 470 g/mol. The number of benzene rings is 1. The molecule has 1 aliphatic rings. The Bertz CT molecular complexity index is 1020. The number of nitrogens with zero attached hydrogens (tertiary/aromatic N) is 2. The SMILES string of the molecule is [B]C([B])([B])OC([B])([B])C([B])([B])Oc1ccc(N2C([B])([B])C([B])([B])N(C([B])([B])C([B])([B])O)C([B])([B])C2([B])[B])cc1. The van der Waals surface area contributed by atoms with Gasteiger partial charge in [-0.1, -0.05) is 0 Å². The Morgan fingerprint density at radius 2 is 0.974 bits per heavy atom. The molecule has 0 saturated carbocycles. The van der Waals surface area contributed by atoms with Gasteiger partial charge in [0.15, 0.2) is 0 Å². The third-order valence-electron chi connectivity index (χ3n) is 6.11. The molecule has 0 spiro atoms. The average Bonchev–Trinajstić information content (AvgIpc) is 2.64. The summed E-state index contributed by atoms with van der Waals surface area (Å²) in [4.78, 5) is 1.23. The van der Waals surface area contributed by atoms with Crippen LogP contribution in [-0.4, -0.2) is 207 Å². The first-order valence-corrected chi connectivity index (χ1v) is 10.7. The van der Waals surface area contributed by atoms with Crippen LogP contribution in [0.25, 0.3) is 0 Å². The van der Waals surface area contributed by atoms with Crippen LogP contribution in [-0.2, 0) is 4.74 Å². The van der Waals surface area contributed by atoms with Gasteiger partial charge in [-0.05, 0) is 61.7 Å². The molecule has 1 heterocycles. The van der Waals surface area contributed by atoms with Gasteiger partial charge in [-0.3, -0.25) is 0 Å². The van der Waals surface area contributed by atoms with Gasteiger partial charge in [0.1, 0.15) is 37.1 Å². The number of piperazine rings is 1. The van der Waals surface area contributed by atoms with Gasteiger partial charge in [0, 0.05) is 16.5 Å². The second kappa shape index (κ2) is 10.0. The van der Waals surface area contributed by atoms with E-state index >= 15 is 0 Å². The highest BCUT2D eigenvalue weighted by Crippen LogP contribution is 2.48. The fourth-order valence-corrected chi connectivity index (χ4v) is 3.86. The molecule has 1 fully saturated rings. The molecule has 0 atom stereocenters. The maximum absolute atomic E-state index is 10.2. The Balaban J connectivity index is 2.57. The molecule has 0 amide bonds. The number of rotatable bonds is 8. The topological polar surface area (TPSA) is 45.2 Å². The molecule has 150 valence electrons. The molecule has 1 aromatic rings. The van der Waals surface area contributed by atoms with Gasteiger partial charge in [-0.25, -0.2) is 0 Å². The highest BCUT2D eigenvalue weighted by Gasteiger charge is 2.63. The van der Waals surface area contributed by atoms with Crippen LogP contribution in [0.4, 0.5) is 5.69 Å². The molecule has 39 heavy (non-hydrogen) atoms. The molecule has 2 rings (SSSR count). The van der Waals surface area contributed by atoms with Crippen LogP contribution < -0.4 is 9.64 Å². The Morgan fingerprint density at radius 1 is 0.590 bits per heavy atom. The molecule has 38 radical (unpaired) electrons. The minimum atomic E-state index is -2.95. The Morgan fingerprint density at radius 3 is 1.31 bits per heavy atom. The largest absolute Gasteiger partial charge is 0.506 e. The van der Waals surface area contributed by atoms with Gasteiger partial charge >= 0.3 is 0 Å². The van der Waals surface area contributed by atoms with E-state index in [1.807, 2.05) is 0 Å². The van der Waals surface area contributed by atoms with Gasteiger partial charge in [-0.2, -0.15) is 0 Å². The molecule has 0 aromatic heterocycles. The fraction of sp³-hybridized carbons (Fsp3) is 0.600. The van der Waals surface area contributed by atoms with E-state index in [9.17, 15) is 5.11 Å². The van der Waals surface area contributed by atoms with Crippen LogP contribution in [0, 0.1) is 0 Å². The summed E-state index contributed by atoms with van der Waals surface area (Å²) < 4.78 is 10.3. The van der Waals surface area contributed by atoms with Crippen LogP contribution in [0.3, 0.4) is 0 Å². The maximum atomic E-state index is 10.2. The van der Waals surface area contributed by atoms with Crippen molar-refractivity contribution in [2.24, 2.45) is 0 Å². The van der Waals surface area contributed by atoms with E-state index < -0.39 is 48.2 Å². The molecule has 1 N–H and O–H groups in total. The summed E-state index contributed by atoms with van der Waals surface area (Å²) in [6.07, 6.45) is 0. The van der Waals surface area contributed by atoms with Gasteiger partial charge in [0.25, 0.3) is 0 Å². The second-order valence-corrected chi connectivity index (χ2v) is 9.76. The summed E-state index contributed by atoms with van der Waals surface area (Å²) in [7, 11) is 112. The zero-order chi connectivity index (χ0) is 31.1. The first-order valence-electron chi connectivity index (χ1n) is 10.7. The zero-order valence-electron chi connectivity index (χ0n) is 20.9. The second-order valence-electron chi connectivity index (χ2n) is 9.76. The van der Waals surface area contributed by atoms with Crippen molar-refractivity contribution in [3.8, 4) is 5.75 Å². The molecule has 24 heteroatoms. The Labute approximate surface area is 256 Å². The van der Waals surface area contributed by atoms with Crippen molar-refractivity contribution in [2.45, 2.75) is 48.2 Å². The third kappa shape index (κ3) is 5.92. The van der Waals surface area contributed by atoms with Crippen molar-refractivity contribution in [3.63, 3.8) is 0 Å². The normalized spacial score (nSPS) is 21.6. The van der Waals surface area contributed by atoms with Gasteiger partial charge in [0.2, 0.25) is 0 Å².